The first-order valence-electron chi connectivity index (χ1n) is 11.6. The van der Waals surface area contributed by atoms with E-state index in [9.17, 15) is 9.59 Å². The molecule has 0 unspecified atom stereocenters. The molecule has 5 aromatic rings. The molecule has 0 spiro atoms. The topological polar surface area (TPSA) is 60.2 Å². The summed E-state index contributed by atoms with van der Waals surface area (Å²) < 4.78 is 13.3. The van der Waals surface area contributed by atoms with Gasteiger partial charge in [0.2, 0.25) is 0 Å². The number of aromatic nitrogens is 1. The maximum atomic E-state index is 13.9. The van der Waals surface area contributed by atoms with Crippen molar-refractivity contribution in [2.24, 2.45) is 0 Å². The monoisotopic (exact) mass is 498 g/mol. The number of amides is 1. The van der Waals surface area contributed by atoms with Crippen LogP contribution in [0.2, 0.25) is 0 Å². The third-order valence-corrected chi connectivity index (χ3v) is 7.20. The van der Waals surface area contributed by atoms with Gasteiger partial charge in [-0.15, -0.1) is 11.3 Å². The molecule has 36 heavy (non-hydrogen) atoms. The first kappa shape index (κ1) is 23.8. The van der Waals surface area contributed by atoms with Crippen molar-refractivity contribution in [3.8, 4) is 16.9 Å². The molecular formula is C29H26N2O4S. The van der Waals surface area contributed by atoms with Gasteiger partial charge in [0, 0.05) is 37.3 Å². The van der Waals surface area contributed by atoms with Crippen LogP contribution in [0.25, 0.3) is 26.7 Å². The summed E-state index contributed by atoms with van der Waals surface area (Å²) in [6, 6.07) is 23.0. The largest absolute Gasteiger partial charge is 0.496 e. The minimum Gasteiger partial charge on any atom is -0.496 e. The molecule has 0 atom stereocenters. The quantitative estimate of drug-likeness (QED) is 0.284. The summed E-state index contributed by atoms with van der Waals surface area (Å²) in [6.07, 6.45) is 1.68. The summed E-state index contributed by atoms with van der Waals surface area (Å²) in [5, 5.41) is 2.79. The summed E-state index contributed by atoms with van der Waals surface area (Å²) in [5.41, 5.74) is 3.31. The minimum atomic E-state index is -0.201. The van der Waals surface area contributed by atoms with Crippen molar-refractivity contribution < 1.29 is 14.3 Å². The lowest BCUT2D eigenvalue weighted by atomic mass is 10.0. The number of hydrogen-bond acceptors (Lipinski definition) is 5. The van der Waals surface area contributed by atoms with Gasteiger partial charge in [0.25, 0.3) is 11.5 Å². The first-order chi connectivity index (χ1) is 17.6. The average molecular weight is 499 g/mol. The highest BCUT2D eigenvalue weighted by molar-refractivity contribution is 7.18. The smallest absolute Gasteiger partial charge is 0.263 e. The van der Waals surface area contributed by atoms with Crippen molar-refractivity contribution >= 4 is 32.8 Å². The molecule has 0 N–H and O–H groups in total. The number of carbonyl (C=O) groups excluding carboxylic acids is 1. The SMILES string of the molecule is COCCN(Cc1ccccc1)C(=O)c1cn2c(=O)c(-c3ccccc3OC)ccc2c2sccc12. The van der Waals surface area contributed by atoms with Crippen LogP contribution in [0.1, 0.15) is 15.9 Å². The molecular weight excluding hydrogens is 472 g/mol. The van der Waals surface area contributed by atoms with Gasteiger partial charge in [-0.05, 0) is 35.2 Å². The van der Waals surface area contributed by atoms with Gasteiger partial charge in [0.05, 0.1) is 35.1 Å². The van der Waals surface area contributed by atoms with E-state index in [2.05, 4.69) is 0 Å². The number of methoxy groups -OCH3 is 2. The minimum absolute atomic E-state index is 0.143. The highest BCUT2D eigenvalue weighted by Gasteiger charge is 2.22. The van der Waals surface area contributed by atoms with Crippen LogP contribution in [-0.2, 0) is 11.3 Å². The Bertz CT molecular complexity index is 1590. The van der Waals surface area contributed by atoms with Gasteiger partial charge in [-0.3, -0.25) is 14.0 Å². The fourth-order valence-corrected chi connectivity index (χ4v) is 5.39. The molecule has 0 aliphatic heterocycles. The van der Waals surface area contributed by atoms with Gasteiger partial charge in [-0.2, -0.15) is 0 Å². The van der Waals surface area contributed by atoms with E-state index in [4.69, 9.17) is 9.47 Å². The number of fused-ring (bicyclic) bond motifs is 3. The lowest BCUT2D eigenvalue weighted by molar-refractivity contribution is 0.0682. The maximum absolute atomic E-state index is 13.9. The van der Waals surface area contributed by atoms with Crippen LogP contribution in [0.4, 0.5) is 0 Å². The van der Waals surface area contributed by atoms with Crippen molar-refractivity contribution in [3.63, 3.8) is 0 Å². The second kappa shape index (κ2) is 10.4. The van der Waals surface area contributed by atoms with Gasteiger partial charge in [0.1, 0.15) is 5.75 Å². The molecule has 0 saturated carbocycles. The van der Waals surface area contributed by atoms with Gasteiger partial charge in [-0.25, -0.2) is 0 Å². The second-order valence-corrected chi connectivity index (χ2v) is 9.34. The lowest BCUT2D eigenvalue weighted by Crippen LogP contribution is -2.34. The number of rotatable bonds is 8. The molecule has 3 aromatic heterocycles. The molecule has 5 rings (SSSR count). The Morgan fingerprint density at radius 2 is 1.72 bits per heavy atom. The van der Waals surface area contributed by atoms with E-state index in [0.717, 1.165) is 21.2 Å². The van der Waals surface area contributed by atoms with E-state index in [-0.39, 0.29) is 11.5 Å². The normalized spacial score (nSPS) is 11.2. The number of benzene rings is 2. The predicted molar refractivity (Wildman–Crippen MR) is 144 cm³/mol. The molecule has 182 valence electrons. The van der Waals surface area contributed by atoms with Crippen molar-refractivity contribution in [3.05, 3.63) is 106 Å². The third kappa shape index (κ3) is 4.39. The number of thiophene rings is 1. The number of hydrogen-bond donors (Lipinski definition) is 0. The lowest BCUT2D eigenvalue weighted by Gasteiger charge is -2.23. The van der Waals surface area contributed by atoms with E-state index in [1.807, 2.05) is 78.2 Å². The van der Waals surface area contributed by atoms with E-state index in [1.54, 1.807) is 29.7 Å². The molecule has 6 nitrogen and oxygen atoms in total. The van der Waals surface area contributed by atoms with E-state index < -0.39 is 0 Å². The Kier molecular flexibility index (Phi) is 6.84. The summed E-state index contributed by atoms with van der Waals surface area (Å²) in [4.78, 5) is 29.4. The molecule has 0 aliphatic carbocycles. The molecule has 7 heteroatoms. The Morgan fingerprint density at radius 3 is 2.50 bits per heavy atom. The van der Waals surface area contributed by atoms with Gasteiger partial charge < -0.3 is 14.4 Å². The fraction of sp³-hybridized carbons (Fsp3) is 0.172. The number of ether oxygens (including phenoxy) is 2. The van der Waals surface area contributed by atoms with Crippen molar-refractivity contribution in [1.29, 1.82) is 0 Å². The summed E-state index contributed by atoms with van der Waals surface area (Å²) in [6.45, 7) is 1.30. The molecule has 0 fully saturated rings. The van der Waals surface area contributed by atoms with Crippen molar-refractivity contribution in [2.75, 3.05) is 27.4 Å². The summed E-state index contributed by atoms with van der Waals surface area (Å²) in [7, 11) is 3.21. The Morgan fingerprint density at radius 1 is 0.944 bits per heavy atom. The fourth-order valence-electron chi connectivity index (χ4n) is 4.46. The number of nitrogens with zero attached hydrogens (tertiary/aromatic N) is 2. The Hall–Kier alpha value is -3.94. The van der Waals surface area contributed by atoms with Crippen LogP contribution < -0.4 is 10.3 Å². The summed E-state index contributed by atoms with van der Waals surface area (Å²) >= 11 is 1.52. The molecule has 0 bridgehead atoms. The van der Waals surface area contributed by atoms with E-state index in [1.165, 1.54) is 11.3 Å². The van der Waals surface area contributed by atoms with Gasteiger partial charge >= 0.3 is 0 Å². The van der Waals surface area contributed by atoms with Crippen molar-refractivity contribution in [2.45, 2.75) is 6.54 Å². The van der Waals surface area contributed by atoms with Crippen LogP contribution in [-0.4, -0.2) is 42.6 Å². The Balaban J connectivity index is 1.66. The van der Waals surface area contributed by atoms with Gasteiger partial charge in [-0.1, -0.05) is 48.5 Å². The molecule has 1 amide bonds. The predicted octanol–water partition coefficient (Wildman–Crippen LogP) is 5.48. The van der Waals surface area contributed by atoms with E-state index >= 15 is 0 Å². The molecule has 3 heterocycles. The first-order valence-corrected chi connectivity index (χ1v) is 12.5. The van der Waals surface area contributed by atoms with Crippen LogP contribution in [0.3, 0.4) is 0 Å². The van der Waals surface area contributed by atoms with E-state index in [0.29, 0.717) is 42.1 Å². The number of pyridine rings is 2. The molecule has 0 radical (unpaired) electrons. The highest BCUT2D eigenvalue weighted by atomic mass is 32.1. The average Bonchev–Trinajstić information content (AvgIpc) is 3.41. The van der Waals surface area contributed by atoms with Crippen molar-refractivity contribution in [1.82, 2.24) is 9.30 Å². The van der Waals surface area contributed by atoms with Crippen LogP contribution in [0.15, 0.2) is 89.2 Å². The maximum Gasteiger partial charge on any atom is 0.263 e. The number of carbonyl (C=O) groups is 1. The van der Waals surface area contributed by atoms with Gasteiger partial charge in [0.15, 0.2) is 0 Å². The molecule has 0 saturated heterocycles. The zero-order chi connectivity index (χ0) is 25.1. The number of para-hydroxylation sites is 1. The second-order valence-electron chi connectivity index (χ2n) is 8.42. The third-order valence-electron chi connectivity index (χ3n) is 6.26. The van der Waals surface area contributed by atoms with Crippen LogP contribution in [0, 0.1) is 0 Å². The zero-order valence-corrected chi connectivity index (χ0v) is 21.0. The van der Waals surface area contributed by atoms with Crippen LogP contribution >= 0.6 is 11.3 Å². The van der Waals surface area contributed by atoms with Crippen LogP contribution in [0.5, 0.6) is 5.75 Å². The zero-order valence-electron chi connectivity index (χ0n) is 20.1. The standard InChI is InChI=1S/C29H26N2O4S/c1-34-16-15-30(18-20-8-4-3-5-9-20)28(32)24-19-31-25(27-22(24)14-17-36-27)13-12-23(29(31)33)21-10-6-7-11-26(21)35-2/h3-14,17,19H,15-16,18H2,1-2H3. The molecule has 2 aromatic carbocycles. The Labute approximate surface area is 212 Å². The highest BCUT2D eigenvalue weighted by Crippen LogP contribution is 2.32. The summed E-state index contributed by atoms with van der Waals surface area (Å²) in [5.74, 6) is 0.479. The molecule has 0 aliphatic rings.